The highest BCUT2D eigenvalue weighted by molar-refractivity contribution is 5.90. The number of aromatic carboxylic acids is 1. The molecule has 0 aliphatic carbocycles. The van der Waals surface area contributed by atoms with Gasteiger partial charge >= 0.3 is 5.97 Å². The smallest absolute Gasteiger partial charge is 0.335 e. The topological polar surface area (TPSA) is 95.7 Å². The lowest BCUT2D eigenvalue weighted by Crippen LogP contribution is -2.34. The third-order valence-corrected chi connectivity index (χ3v) is 2.93. The summed E-state index contributed by atoms with van der Waals surface area (Å²) < 4.78 is 0. The van der Waals surface area contributed by atoms with Crippen molar-refractivity contribution in [2.45, 2.75) is 6.92 Å². The van der Waals surface area contributed by atoms with Gasteiger partial charge < -0.3 is 21.1 Å². The van der Waals surface area contributed by atoms with Crippen LogP contribution >= 0.6 is 0 Å². The second-order valence-electron chi connectivity index (χ2n) is 4.47. The van der Waals surface area contributed by atoms with Crippen LogP contribution in [0.3, 0.4) is 0 Å². The standard InChI is InChI=1S/C13H19N3O3/c1-8(12(17)15-2)7-16(3)11-5-4-9(13(18)19)6-10(11)14/h4-6,8H,7,14H2,1-3H3,(H,15,17)(H,18,19). The highest BCUT2D eigenvalue weighted by atomic mass is 16.4. The first-order valence-corrected chi connectivity index (χ1v) is 5.92. The van der Waals surface area contributed by atoms with Crippen molar-refractivity contribution in [3.05, 3.63) is 23.8 Å². The fourth-order valence-electron chi connectivity index (χ4n) is 1.87. The fourth-order valence-corrected chi connectivity index (χ4v) is 1.87. The van der Waals surface area contributed by atoms with E-state index in [4.69, 9.17) is 10.8 Å². The first kappa shape index (κ1) is 14.8. The molecule has 0 bridgehead atoms. The average molecular weight is 265 g/mol. The van der Waals surface area contributed by atoms with E-state index in [1.165, 1.54) is 12.1 Å². The van der Waals surface area contributed by atoms with E-state index in [9.17, 15) is 9.59 Å². The molecule has 6 heteroatoms. The molecule has 1 unspecified atom stereocenters. The quantitative estimate of drug-likeness (QED) is 0.684. The highest BCUT2D eigenvalue weighted by Gasteiger charge is 2.16. The summed E-state index contributed by atoms with van der Waals surface area (Å²) in [7, 11) is 3.40. The Morgan fingerprint density at radius 3 is 2.58 bits per heavy atom. The van der Waals surface area contributed by atoms with Crippen LogP contribution in [0.5, 0.6) is 0 Å². The Kier molecular flexibility index (Phi) is 4.74. The number of nitrogens with zero attached hydrogens (tertiary/aromatic N) is 1. The number of rotatable bonds is 5. The molecular formula is C13H19N3O3. The molecule has 1 atom stereocenters. The minimum Gasteiger partial charge on any atom is -0.478 e. The second kappa shape index (κ2) is 6.08. The van der Waals surface area contributed by atoms with Gasteiger partial charge in [0.15, 0.2) is 0 Å². The van der Waals surface area contributed by atoms with Crippen LogP contribution in [0.15, 0.2) is 18.2 Å². The zero-order valence-corrected chi connectivity index (χ0v) is 11.3. The van der Waals surface area contributed by atoms with Crippen LogP contribution in [0.1, 0.15) is 17.3 Å². The summed E-state index contributed by atoms with van der Waals surface area (Å²) in [5.74, 6) is -1.25. The van der Waals surface area contributed by atoms with Gasteiger partial charge in [0.05, 0.1) is 22.9 Å². The molecular weight excluding hydrogens is 246 g/mol. The van der Waals surface area contributed by atoms with Gasteiger partial charge in [0.25, 0.3) is 0 Å². The Bertz CT molecular complexity index is 488. The average Bonchev–Trinajstić information content (AvgIpc) is 2.37. The number of nitrogens with one attached hydrogen (secondary N) is 1. The number of carbonyl (C=O) groups is 2. The van der Waals surface area contributed by atoms with Crippen molar-refractivity contribution in [2.75, 3.05) is 31.3 Å². The van der Waals surface area contributed by atoms with Gasteiger partial charge in [-0.3, -0.25) is 4.79 Å². The van der Waals surface area contributed by atoms with Gasteiger partial charge in [0.1, 0.15) is 0 Å². The number of anilines is 2. The van der Waals surface area contributed by atoms with E-state index in [0.717, 1.165) is 0 Å². The second-order valence-corrected chi connectivity index (χ2v) is 4.47. The summed E-state index contributed by atoms with van der Waals surface area (Å²) in [5, 5.41) is 11.5. The normalized spacial score (nSPS) is 11.7. The van der Waals surface area contributed by atoms with E-state index in [1.807, 2.05) is 18.9 Å². The summed E-state index contributed by atoms with van der Waals surface area (Å²) in [6, 6.07) is 4.56. The third-order valence-electron chi connectivity index (χ3n) is 2.93. The molecule has 104 valence electrons. The summed E-state index contributed by atoms with van der Waals surface area (Å²) in [6.07, 6.45) is 0. The van der Waals surface area contributed by atoms with Gasteiger partial charge in [-0.05, 0) is 18.2 Å². The van der Waals surface area contributed by atoms with Gasteiger partial charge in [-0.15, -0.1) is 0 Å². The van der Waals surface area contributed by atoms with Crippen molar-refractivity contribution < 1.29 is 14.7 Å². The lowest BCUT2D eigenvalue weighted by molar-refractivity contribution is -0.123. The molecule has 0 aromatic heterocycles. The van der Waals surface area contributed by atoms with Crippen LogP contribution in [0, 0.1) is 5.92 Å². The molecule has 1 aromatic rings. The van der Waals surface area contributed by atoms with Crippen molar-refractivity contribution in [1.29, 1.82) is 0 Å². The van der Waals surface area contributed by atoms with Gasteiger partial charge in [-0.25, -0.2) is 4.79 Å². The number of nitrogen functional groups attached to an aromatic ring is 1. The molecule has 1 rings (SSSR count). The molecule has 1 amide bonds. The number of carbonyl (C=O) groups excluding carboxylic acids is 1. The molecule has 0 heterocycles. The van der Waals surface area contributed by atoms with E-state index < -0.39 is 5.97 Å². The van der Waals surface area contributed by atoms with Gasteiger partial charge in [-0.2, -0.15) is 0 Å². The molecule has 0 aliphatic heterocycles. The summed E-state index contributed by atoms with van der Waals surface area (Å²) >= 11 is 0. The van der Waals surface area contributed by atoms with Crippen LogP contribution < -0.4 is 16.0 Å². The first-order valence-electron chi connectivity index (χ1n) is 5.92. The van der Waals surface area contributed by atoms with Gasteiger partial charge in [0.2, 0.25) is 5.91 Å². The van der Waals surface area contributed by atoms with Crippen LogP contribution in [0.4, 0.5) is 11.4 Å². The predicted molar refractivity (Wildman–Crippen MR) is 74.3 cm³/mol. The Hall–Kier alpha value is -2.24. The summed E-state index contributed by atoms with van der Waals surface area (Å²) in [5.41, 5.74) is 7.08. The molecule has 0 fully saturated rings. The first-order chi connectivity index (χ1) is 8.86. The van der Waals surface area contributed by atoms with Gasteiger partial charge in [-0.1, -0.05) is 6.92 Å². The van der Waals surface area contributed by atoms with Crippen LogP contribution in [0.25, 0.3) is 0 Å². The zero-order valence-electron chi connectivity index (χ0n) is 11.3. The maximum Gasteiger partial charge on any atom is 0.335 e. The van der Waals surface area contributed by atoms with E-state index in [0.29, 0.717) is 17.9 Å². The zero-order chi connectivity index (χ0) is 14.6. The Balaban J connectivity index is 2.85. The monoisotopic (exact) mass is 265 g/mol. The number of benzene rings is 1. The van der Waals surface area contributed by atoms with Crippen molar-refractivity contribution in [3.8, 4) is 0 Å². The summed E-state index contributed by atoms with van der Waals surface area (Å²) in [6.45, 7) is 2.31. The predicted octanol–water partition coefficient (Wildman–Crippen LogP) is 0.785. The van der Waals surface area contributed by atoms with E-state index in [-0.39, 0.29) is 17.4 Å². The lowest BCUT2D eigenvalue weighted by Gasteiger charge is -2.24. The van der Waals surface area contributed by atoms with Crippen LogP contribution in [-0.2, 0) is 4.79 Å². The van der Waals surface area contributed by atoms with Gasteiger partial charge in [0, 0.05) is 20.6 Å². The molecule has 0 aliphatic rings. The Morgan fingerprint density at radius 1 is 1.47 bits per heavy atom. The molecule has 0 spiro atoms. The third kappa shape index (κ3) is 3.61. The molecule has 0 radical (unpaired) electrons. The Labute approximate surface area is 112 Å². The van der Waals surface area contributed by atoms with Crippen molar-refractivity contribution in [2.24, 2.45) is 5.92 Å². The fraction of sp³-hybridized carbons (Fsp3) is 0.385. The highest BCUT2D eigenvalue weighted by Crippen LogP contribution is 2.24. The van der Waals surface area contributed by atoms with E-state index in [2.05, 4.69) is 5.32 Å². The minimum atomic E-state index is -1.01. The molecule has 0 saturated heterocycles. The minimum absolute atomic E-state index is 0.0485. The number of carboxylic acids is 1. The molecule has 1 aromatic carbocycles. The number of nitrogens with two attached hydrogens (primary N) is 1. The Morgan fingerprint density at radius 2 is 2.11 bits per heavy atom. The number of hydrogen-bond donors (Lipinski definition) is 3. The summed E-state index contributed by atoms with van der Waals surface area (Å²) in [4.78, 5) is 24.1. The van der Waals surface area contributed by atoms with Crippen molar-refractivity contribution in [3.63, 3.8) is 0 Å². The van der Waals surface area contributed by atoms with Crippen molar-refractivity contribution >= 4 is 23.3 Å². The van der Waals surface area contributed by atoms with Crippen LogP contribution in [-0.4, -0.2) is 37.6 Å². The van der Waals surface area contributed by atoms with E-state index >= 15 is 0 Å². The van der Waals surface area contributed by atoms with Crippen molar-refractivity contribution in [1.82, 2.24) is 5.32 Å². The maximum absolute atomic E-state index is 11.5. The lowest BCUT2D eigenvalue weighted by atomic mass is 10.1. The SMILES string of the molecule is CNC(=O)C(C)CN(C)c1ccc(C(=O)O)cc1N. The van der Waals surface area contributed by atoms with E-state index in [1.54, 1.807) is 13.1 Å². The molecule has 4 N–H and O–H groups in total. The molecule has 0 saturated carbocycles. The van der Waals surface area contributed by atoms with Crippen LogP contribution in [0.2, 0.25) is 0 Å². The number of hydrogen-bond acceptors (Lipinski definition) is 4. The molecule has 6 nitrogen and oxygen atoms in total. The largest absolute Gasteiger partial charge is 0.478 e. The number of carboxylic acid groups (broad SMARTS) is 1. The molecule has 19 heavy (non-hydrogen) atoms. The number of amides is 1. The maximum atomic E-state index is 11.5.